The van der Waals surface area contributed by atoms with Gasteiger partial charge in [-0.05, 0) is 6.42 Å². The molecule has 1 atom stereocenters. The van der Waals surface area contributed by atoms with E-state index in [9.17, 15) is 9.90 Å². The summed E-state index contributed by atoms with van der Waals surface area (Å²) in [5, 5.41) is 9.46. The summed E-state index contributed by atoms with van der Waals surface area (Å²) in [5.41, 5.74) is 0. The summed E-state index contributed by atoms with van der Waals surface area (Å²) in [7, 11) is 0. The van der Waals surface area contributed by atoms with Crippen LogP contribution in [0.1, 0.15) is 33.6 Å². The van der Waals surface area contributed by atoms with Gasteiger partial charge in [-0.1, -0.05) is 13.8 Å². The fraction of sp³-hybridized carbons (Fsp3) is 0.875. The lowest BCUT2D eigenvalue weighted by atomic mass is 10.4. The Morgan fingerprint density at radius 2 is 2.08 bits per heavy atom. The van der Waals surface area contributed by atoms with Crippen molar-refractivity contribution in [3.63, 3.8) is 0 Å². The van der Waals surface area contributed by atoms with E-state index in [0.717, 1.165) is 6.42 Å². The quantitative estimate of drug-likeness (QED) is 0.502. The number of hydrogen-bond donors (Lipinski definition) is 1. The molecule has 0 rings (SSSR count). The minimum absolute atomic E-state index is 0.229. The molecular weight excluding hydrogens is 160 g/mol. The van der Waals surface area contributed by atoms with Crippen molar-refractivity contribution in [3.05, 3.63) is 0 Å². The average molecular weight is 176 g/mol. The molecule has 0 aromatic heterocycles. The van der Waals surface area contributed by atoms with E-state index in [1.54, 1.807) is 6.92 Å². The van der Waals surface area contributed by atoms with Gasteiger partial charge in [-0.15, -0.1) is 0 Å². The number of ether oxygens (including phenoxy) is 2. The van der Waals surface area contributed by atoms with E-state index in [2.05, 4.69) is 4.74 Å². The van der Waals surface area contributed by atoms with Crippen molar-refractivity contribution in [2.24, 2.45) is 0 Å². The van der Waals surface area contributed by atoms with Gasteiger partial charge >= 0.3 is 11.9 Å². The van der Waals surface area contributed by atoms with Crippen LogP contribution in [-0.2, 0) is 14.3 Å². The molecule has 0 bridgehead atoms. The van der Waals surface area contributed by atoms with Gasteiger partial charge in [0.2, 0.25) is 0 Å². The molecule has 0 heterocycles. The Morgan fingerprint density at radius 3 is 2.42 bits per heavy atom. The first-order valence-corrected chi connectivity index (χ1v) is 4.10. The van der Waals surface area contributed by atoms with Crippen molar-refractivity contribution in [2.75, 3.05) is 6.61 Å². The zero-order valence-electron chi connectivity index (χ0n) is 7.79. The summed E-state index contributed by atoms with van der Waals surface area (Å²) >= 11 is 0. The fourth-order valence-electron chi connectivity index (χ4n) is 0.690. The van der Waals surface area contributed by atoms with E-state index in [4.69, 9.17) is 4.74 Å². The smallest absolute Gasteiger partial charge is 0.326 e. The van der Waals surface area contributed by atoms with Gasteiger partial charge < -0.3 is 14.6 Å². The van der Waals surface area contributed by atoms with Crippen LogP contribution in [0, 0.1) is 0 Å². The lowest BCUT2D eigenvalue weighted by Crippen LogP contribution is -2.36. The Balaban J connectivity index is 3.95. The van der Waals surface area contributed by atoms with Crippen molar-refractivity contribution in [1.82, 2.24) is 0 Å². The largest absolute Gasteiger partial charge is 0.408 e. The van der Waals surface area contributed by atoms with Gasteiger partial charge in [0, 0.05) is 13.3 Å². The SMILES string of the molecule is CCCOC(O)(CC)OC(C)=O. The summed E-state index contributed by atoms with van der Waals surface area (Å²) in [5.74, 6) is -2.28. The first kappa shape index (κ1) is 11.4. The van der Waals surface area contributed by atoms with Crippen molar-refractivity contribution in [3.8, 4) is 0 Å². The van der Waals surface area contributed by atoms with Crippen LogP contribution in [0.4, 0.5) is 0 Å². The summed E-state index contributed by atoms with van der Waals surface area (Å²) < 4.78 is 9.53. The Labute approximate surface area is 72.5 Å². The van der Waals surface area contributed by atoms with Crippen LogP contribution in [0.5, 0.6) is 0 Å². The van der Waals surface area contributed by atoms with Crippen LogP contribution >= 0.6 is 0 Å². The van der Waals surface area contributed by atoms with Crippen LogP contribution in [0.25, 0.3) is 0 Å². The van der Waals surface area contributed by atoms with E-state index < -0.39 is 11.9 Å². The first-order valence-electron chi connectivity index (χ1n) is 4.10. The predicted octanol–water partition coefficient (Wildman–Crippen LogP) is 1.03. The van der Waals surface area contributed by atoms with Gasteiger partial charge in [-0.3, -0.25) is 4.79 Å². The molecule has 0 spiro atoms. The van der Waals surface area contributed by atoms with E-state index >= 15 is 0 Å². The molecule has 0 fully saturated rings. The molecule has 1 N–H and O–H groups in total. The summed E-state index contributed by atoms with van der Waals surface area (Å²) in [6, 6.07) is 0. The lowest BCUT2D eigenvalue weighted by Gasteiger charge is -2.25. The molecular formula is C8H16O4. The van der Waals surface area contributed by atoms with Gasteiger partial charge in [0.25, 0.3) is 0 Å². The van der Waals surface area contributed by atoms with Crippen LogP contribution in [0.2, 0.25) is 0 Å². The third-order valence-electron chi connectivity index (χ3n) is 1.28. The molecule has 12 heavy (non-hydrogen) atoms. The monoisotopic (exact) mass is 176 g/mol. The number of esters is 1. The lowest BCUT2D eigenvalue weighted by molar-refractivity contribution is -0.342. The third-order valence-corrected chi connectivity index (χ3v) is 1.28. The molecule has 0 aromatic rings. The molecule has 0 aromatic carbocycles. The molecule has 0 aliphatic carbocycles. The zero-order valence-corrected chi connectivity index (χ0v) is 7.79. The number of carbonyl (C=O) groups excluding carboxylic acids is 1. The van der Waals surface area contributed by atoms with Crippen molar-refractivity contribution >= 4 is 5.97 Å². The minimum Gasteiger partial charge on any atom is -0.408 e. The summed E-state index contributed by atoms with van der Waals surface area (Å²) in [6.07, 6.45) is 0.996. The third kappa shape index (κ3) is 4.31. The predicted molar refractivity (Wildman–Crippen MR) is 43.2 cm³/mol. The second-order valence-electron chi connectivity index (χ2n) is 2.51. The van der Waals surface area contributed by atoms with Crippen molar-refractivity contribution in [2.45, 2.75) is 39.6 Å². The highest BCUT2D eigenvalue weighted by Crippen LogP contribution is 2.14. The maximum absolute atomic E-state index is 10.5. The highest BCUT2D eigenvalue weighted by molar-refractivity contribution is 5.66. The molecule has 0 saturated heterocycles. The van der Waals surface area contributed by atoms with Crippen LogP contribution in [-0.4, -0.2) is 23.7 Å². The number of aliphatic hydroxyl groups is 1. The minimum atomic E-state index is -1.73. The fourth-order valence-corrected chi connectivity index (χ4v) is 0.690. The van der Waals surface area contributed by atoms with E-state index in [1.807, 2.05) is 6.92 Å². The molecule has 1 unspecified atom stereocenters. The van der Waals surface area contributed by atoms with E-state index in [-0.39, 0.29) is 6.42 Å². The Morgan fingerprint density at radius 1 is 1.50 bits per heavy atom. The highest BCUT2D eigenvalue weighted by Gasteiger charge is 2.28. The summed E-state index contributed by atoms with van der Waals surface area (Å²) in [4.78, 5) is 10.5. The Kier molecular flexibility index (Phi) is 4.85. The number of hydrogen-bond acceptors (Lipinski definition) is 4. The topological polar surface area (TPSA) is 55.8 Å². The number of carbonyl (C=O) groups is 1. The Hall–Kier alpha value is -0.610. The van der Waals surface area contributed by atoms with Crippen LogP contribution < -0.4 is 0 Å². The molecule has 0 saturated carbocycles. The standard InChI is InChI=1S/C8H16O4/c1-4-6-11-8(10,5-2)12-7(3)9/h10H,4-6H2,1-3H3. The second-order valence-corrected chi connectivity index (χ2v) is 2.51. The first-order chi connectivity index (χ1) is 5.54. The van der Waals surface area contributed by atoms with Crippen molar-refractivity contribution in [1.29, 1.82) is 0 Å². The molecule has 4 nitrogen and oxygen atoms in total. The molecule has 4 heteroatoms. The van der Waals surface area contributed by atoms with Gasteiger partial charge in [0.1, 0.15) is 0 Å². The second kappa shape index (κ2) is 5.11. The molecule has 0 radical (unpaired) electrons. The summed E-state index contributed by atoms with van der Waals surface area (Å²) in [6.45, 7) is 5.19. The van der Waals surface area contributed by atoms with E-state index in [0.29, 0.717) is 6.61 Å². The Bertz CT molecular complexity index is 146. The van der Waals surface area contributed by atoms with Gasteiger partial charge in [0.15, 0.2) is 0 Å². The molecule has 0 amide bonds. The van der Waals surface area contributed by atoms with Crippen molar-refractivity contribution < 1.29 is 19.4 Å². The van der Waals surface area contributed by atoms with Gasteiger partial charge in [-0.25, -0.2) is 0 Å². The highest BCUT2D eigenvalue weighted by atomic mass is 16.8. The molecule has 0 aliphatic rings. The molecule has 0 aliphatic heterocycles. The van der Waals surface area contributed by atoms with Gasteiger partial charge in [0.05, 0.1) is 6.61 Å². The van der Waals surface area contributed by atoms with Crippen LogP contribution in [0.15, 0.2) is 0 Å². The normalized spacial score (nSPS) is 15.3. The number of rotatable bonds is 5. The van der Waals surface area contributed by atoms with Crippen LogP contribution in [0.3, 0.4) is 0 Å². The zero-order chi connectivity index (χ0) is 9.61. The molecule has 72 valence electrons. The average Bonchev–Trinajstić information content (AvgIpc) is 2.00. The maximum atomic E-state index is 10.5. The maximum Gasteiger partial charge on any atom is 0.326 e. The van der Waals surface area contributed by atoms with Gasteiger partial charge in [-0.2, -0.15) is 0 Å². The van der Waals surface area contributed by atoms with E-state index in [1.165, 1.54) is 6.92 Å².